The zero-order chi connectivity index (χ0) is 12.0. The van der Waals surface area contributed by atoms with Gasteiger partial charge in [-0.25, -0.2) is 9.59 Å². The summed E-state index contributed by atoms with van der Waals surface area (Å²) in [4.78, 5) is 23.3. The van der Waals surface area contributed by atoms with E-state index in [1.807, 2.05) is 12.1 Å². The highest BCUT2D eigenvalue weighted by atomic mass is 16.5. The smallest absolute Gasteiger partial charge is 0.343 e. The summed E-state index contributed by atoms with van der Waals surface area (Å²) in [6.07, 6.45) is 0. The second-order valence-corrected chi connectivity index (χ2v) is 4.00. The Hall–Kier alpha value is -2.30. The van der Waals surface area contributed by atoms with E-state index >= 15 is 0 Å². The van der Waals surface area contributed by atoms with Crippen molar-refractivity contribution >= 4 is 12.0 Å². The number of amides is 2. The number of hydrogen-bond acceptors (Lipinski definition) is 3. The van der Waals surface area contributed by atoms with Gasteiger partial charge in [0.05, 0.1) is 11.6 Å². The molecule has 2 amide bonds. The number of esters is 1. The molecule has 86 valence electrons. The molecule has 1 aromatic carbocycles. The maximum absolute atomic E-state index is 11.8. The quantitative estimate of drug-likeness (QED) is 0.520. The second-order valence-electron chi connectivity index (χ2n) is 4.00. The fourth-order valence-corrected chi connectivity index (χ4v) is 2.16. The van der Waals surface area contributed by atoms with Crippen molar-refractivity contribution in [1.82, 2.24) is 10.6 Å². The molecule has 1 aromatic rings. The molecule has 0 aromatic heterocycles. The SMILES string of the molecule is CC1=C2C(=O)Oc3ccccc3[C@H]2NC(=O)N1. The lowest BCUT2D eigenvalue weighted by Crippen LogP contribution is -2.47. The van der Waals surface area contributed by atoms with Crippen LogP contribution in [0.5, 0.6) is 5.75 Å². The summed E-state index contributed by atoms with van der Waals surface area (Å²) in [6.45, 7) is 1.69. The van der Waals surface area contributed by atoms with Gasteiger partial charge in [0.1, 0.15) is 5.75 Å². The van der Waals surface area contributed by atoms with Crippen LogP contribution in [0.3, 0.4) is 0 Å². The number of allylic oxidation sites excluding steroid dienone is 1. The van der Waals surface area contributed by atoms with Crippen molar-refractivity contribution in [3.8, 4) is 5.75 Å². The molecule has 5 heteroatoms. The third kappa shape index (κ3) is 1.39. The van der Waals surface area contributed by atoms with Gasteiger partial charge in [-0.1, -0.05) is 18.2 Å². The van der Waals surface area contributed by atoms with Crippen LogP contribution in [0.2, 0.25) is 0 Å². The summed E-state index contributed by atoms with van der Waals surface area (Å²) < 4.78 is 5.22. The van der Waals surface area contributed by atoms with Crippen molar-refractivity contribution in [1.29, 1.82) is 0 Å². The third-order valence-electron chi connectivity index (χ3n) is 2.92. The Labute approximate surface area is 97.5 Å². The Balaban J connectivity index is 2.20. The fourth-order valence-electron chi connectivity index (χ4n) is 2.16. The minimum absolute atomic E-state index is 0.305. The van der Waals surface area contributed by atoms with E-state index in [2.05, 4.69) is 10.6 Å². The molecular formula is C12H10N2O3. The minimum atomic E-state index is -0.418. The Morgan fingerprint density at radius 1 is 1.24 bits per heavy atom. The molecule has 1 atom stereocenters. The van der Waals surface area contributed by atoms with Gasteiger partial charge in [-0.05, 0) is 13.0 Å². The van der Waals surface area contributed by atoms with Crippen molar-refractivity contribution in [3.63, 3.8) is 0 Å². The van der Waals surface area contributed by atoms with Crippen molar-refractivity contribution < 1.29 is 14.3 Å². The number of hydrogen-bond donors (Lipinski definition) is 2. The predicted molar refractivity (Wildman–Crippen MR) is 59.2 cm³/mol. The van der Waals surface area contributed by atoms with Crippen LogP contribution in [0.4, 0.5) is 4.79 Å². The number of ether oxygens (including phenoxy) is 1. The van der Waals surface area contributed by atoms with Crippen molar-refractivity contribution in [2.45, 2.75) is 13.0 Å². The zero-order valence-corrected chi connectivity index (χ0v) is 9.11. The zero-order valence-electron chi connectivity index (χ0n) is 9.11. The first-order valence-corrected chi connectivity index (χ1v) is 5.26. The summed E-state index contributed by atoms with van der Waals surface area (Å²) in [5, 5.41) is 5.29. The Morgan fingerprint density at radius 2 is 2.00 bits per heavy atom. The van der Waals surface area contributed by atoms with Gasteiger partial charge in [-0.2, -0.15) is 0 Å². The lowest BCUT2D eigenvalue weighted by molar-refractivity contribution is -0.131. The van der Waals surface area contributed by atoms with Crippen molar-refractivity contribution in [3.05, 3.63) is 41.1 Å². The number of fused-ring (bicyclic) bond motifs is 3. The van der Waals surface area contributed by atoms with Gasteiger partial charge in [-0.15, -0.1) is 0 Å². The normalized spacial score (nSPS) is 22.1. The molecule has 0 unspecified atom stereocenters. The maximum Gasteiger partial charge on any atom is 0.343 e. The van der Waals surface area contributed by atoms with Crippen LogP contribution in [-0.4, -0.2) is 12.0 Å². The van der Waals surface area contributed by atoms with E-state index < -0.39 is 12.0 Å². The number of rotatable bonds is 0. The summed E-state index contributed by atoms with van der Waals surface area (Å²) in [6, 6.07) is 6.47. The number of benzene rings is 1. The fraction of sp³-hybridized carbons (Fsp3) is 0.167. The molecular weight excluding hydrogens is 220 g/mol. The van der Waals surface area contributed by atoms with Crippen LogP contribution < -0.4 is 15.4 Å². The molecule has 5 nitrogen and oxygen atoms in total. The molecule has 3 rings (SSSR count). The highest BCUT2D eigenvalue weighted by Crippen LogP contribution is 2.37. The van der Waals surface area contributed by atoms with Gasteiger partial charge in [0.2, 0.25) is 0 Å². The molecule has 0 spiro atoms. The monoisotopic (exact) mass is 230 g/mol. The van der Waals surface area contributed by atoms with E-state index in [4.69, 9.17) is 4.74 Å². The average molecular weight is 230 g/mol. The first kappa shape index (κ1) is 9.89. The Morgan fingerprint density at radius 3 is 2.82 bits per heavy atom. The summed E-state index contributed by atoms with van der Waals surface area (Å²) >= 11 is 0. The van der Waals surface area contributed by atoms with E-state index in [-0.39, 0.29) is 6.03 Å². The lowest BCUT2D eigenvalue weighted by Gasteiger charge is -2.32. The van der Waals surface area contributed by atoms with Crippen LogP contribution in [0, 0.1) is 0 Å². The Kier molecular flexibility index (Phi) is 1.95. The van der Waals surface area contributed by atoms with E-state index in [9.17, 15) is 9.59 Å². The number of carbonyl (C=O) groups excluding carboxylic acids is 2. The Bertz CT molecular complexity index is 563. The largest absolute Gasteiger partial charge is 0.423 e. The molecule has 2 aliphatic heterocycles. The molecule has 2 N–H and O–H groups in total. The topological polar surface area (TPSA) is 67.4 Å². The molecule has 0 fully saturated rings. The molecule has 0 saturated heterocycles. The maximum atomic E-state index is 11.8. The van der Waals surface area contributed by atoms with Gasteiger partial charge in [-0.3, -0.25) is 0 Å². The van der Waals surface area contributed by atoms with Gasteiger partial charge in [0, 0.05) is 11.3 Å². The average Bonchev–Trinajstić information content (AvgIpc) is 2.28. The van der Waals surface area contributed by atoms with Crippen LogP contribution in [0.1, 0.15) is 18.5 Å². The van der Waals surface area contributed by atoms with Crippen molar-refractivity contribution in [2.24, 2.45) is 0 Å². The van der Waals surface area contributed by atoms with Gasteiger partial charge in [0.25, 0.3) is 0 Å². The molecule has 17 heavy (non-hydrogen) atoms. The summed E-state index contributed by atoms with van der Waals surface area (Å²) in [5.74, 6) is 0.0833. The highest BCUT2D eigenvalue weighted by molar-refractivity contribution is 5.98. The first-order chi connectivity index (χ1) is 8.16. The van der Waals surface area contributed by atoms with Crippen LogP contribution in [-0.2, 0) is 4.79 Å². The van der Waals surface area contributed by atoms with E-state index in [1.54, 1.807) is 19.1 Å². The minimum Gasteiger partial charge on any atom is -0.423 e. The first-order valence-electron chi connectivity index (χ1n) is 5.26. The van der Waals surface area contributed by atoms with E-state index in [1.165, 1.54) is 0 Å². The third-order valence-corrected chi connectivity index (χ3v) is 2.92. The number of para-hydroxylation sites is 1. The number of carbonyl (C=O) groups is 2. The van der Waals surface area contributed by atoms with E-state index in [0.717, 1.165) is 5.56 Å². The van der Waals surface area contributed by atoms with Gasteiger partial charge in [0.15, 0.2) is 0 Å². The molecule has 0 bridgehead atoms. The summed E-state index contributed by atoms with van der Waals surface area (Å²) in [5.41, 5.74) is 1.80. The standard InChI is InChI=1S/C12H10N2O3/c1-6-9-10(14-12(16)13-6)7-4-2-3-5-8(7)17-11(9)15/h2-5,10H,1H3,(H2,13,14,16)/t10-/m1/s1. The predicted octanol–water partition coefficient (Wildman–Crippen LogP) is 1.23. The van der Waals surface area contributed by atoms with E-state index in [0.29, 0.717) is 17.0 Å². The highest BCUT2D eigenvalue weighted by Gasteiger charge is 2.37. The molecule has 2 aliphatic rings. The van der Waals surface area contributed by atoms with Gasteiger partial charge >= 0.3 is 12.0 Å². The molecule has 0 saturated carbocycles. The molecule has 0 radical (unpaired) electrons. The van der Waals surface area contributed by atoms with Crippen LogP contribution in [0.25, 0.3) is 0 Å². The van der Waals surface area contributed by atoms with Crippen molar-refractivity contribution in [2.75, 3.05) is 0 Å². The number of nitrogens with one attached hydrogen (secondary N) is 2. The van der Waals surface area contributed by atoms with Crippen LogP contribution in [0.15, 0.2) is 35.5 Å². The van der Waals surface area contributed by atoms with Crippen LogP contribution >= 0.6 is 0 Å². The van der Waals surface area contributed by atoms with Gasteiger partial charge < -0.3 is 15.4 Å². The molecule has 2 heterocycles. The summed E-state index contributed by atoms with van der Waals surface area (Å²) in [7, 11) is 0. The number of urea groups is 1. The lowest BCUT2D eigenvalue weighted by atomic mass is 9.93. The second kappa shape index (κ2) is 3.35. The molecule has 0 aliphatic carbocycles.